The second-order valence-electron chi connectivity index (χ2n) is 8.35. The van der Waals surface area contributed by atoms with Crippen molar-refractivity contribution in [3.05, 3.63) is 53.9 Å². The zero-order valence-electron chi connectivity index (χ0n) is 15.8. The molecular formula is C19H24ClCoN3O2. The number of allylic oxidation sites excluding steroid dienone is 2. The van der Waals surface area contributed by atoms with Gasteiger partial charge >= 0.3 is 0 Å². The van der Waals surface area contributed by atoms with Gasteiger partial charge in [-0.1, -0.05) is 59.2 Å². The van der Waals surface area contributed by atoms with E-state index in [4.69, 9.17) is 20.4 Å². The molecule has 3 heterocycles. The molecule has 2 aromatic rings. The van der Waals surface area contributed by atoms with Crippen molar-refractivity contribution in [2.45, 2.75) is 57.4 Å². The minimum absolute atomic E-state index is 0. The normalized spacial score (nSPS) is 20.3. The number of halogens is 1. The molecule has 0 fully saturated rings. The van der Waals surface area contributed by atoms with E-state index in [1.807, 2.05) is 12.2 Å². The molecule has 7 heteroatoms. The van der Waals surface area contributed by atoms with E-state index in [1.54, 1.807) is 18.6 Å². The van der Waals surface area contributed by atoms with Gasteiger partial charge in [0.2, 0.25) is 16.8 Å². The predicted octanol–water partition coefficient (Wildman–Crippen LogP) is 4.85. The number of hydrogen-bond acceptors (Lipinski definition) is 5. The van der Waals surface area contributed by atoms with Gasteiger partial charge in [-0.3, -0.25) is 0 Å². The second-order valence-corrected chi connectivity index (χ2v) is 8.95. The van der Waals surface area contributed by atoms with Gasteiger partial charge < -0.3 is 14.2 Å². The van der Waals surface area contributed by atoms with Crippen molar-refractivity contribution in [2.75, 3.05) is 0 Å². The fraction of sp³-hybridized carbons (Fsp3) is 0.474. The summed E-state index contributed by atoms with van der Waals surface area (Å²) in [5, 5.41) is 3.22. The molecule has 26 heavy (non-hydrogen) atoms. The van der Waals surface area contributed by atoms with Crippen LogP contribution in [0.3, 0.4) is 0 Å². The van der Waals surface area contributed by atoms with Crippen molar-refractivity contribution in [2.24, 2.45) is 0 Å². The number of nitrogens with one attached hydrogen (secondary N) is 1. The molecule has 0 saturated heterocycles. The third-order valence-electron chi connectivity index (χ3n) is 3.99. The van der Waals surface area contributed by atoms with E-state index in [-0.39, 0.29) is 27.6 Å². The van der Waals surface area contributed by atoms with Crippen LogP contribution < -0.4 is 5.32 Å². The molecule has 0 bridgehead atoms. The molecular weight excluding hydrogens is 397 g/mol. The summed E-state index contributed by atoms with van der Waals surface area (Å²) in [5.41, 5.74) is 2.21. The molecule has 1 unspecified atom stereocenters. The number of alkyl halides is 1. The van der Waals surface area contributed by atoms with E-state index in [2.05, 4.69) is 56.8 Å². The third kappa shape index (κ3) is 4.08. The van der Waals surface area contributed by atoms with E-state index < -0.39 is 5.00 Å². The number of hydrogen-bond donors (Lipinski definition) is 1. The van der Waals surface area contributed by atoms with Gasteiger partial charge in [0.25, 0.3) is 0 Å². The Labute approximate surface area is 169 Å². The standard InChI is InChI=1S/C19H24ClN3O2.Co/c1-17(2,3)13-10-24-15(21-13)12-8-7-9-19(20,23-12)16-22-14(11-25-16)18(4,5)6;/h7-11,23H,1-6H3;. The van der Waals surface area contributed by atoms with Crippen LogP contribution in [0.15, 0.2) is 39.6 Å². The minimum atomic E-state index is -1.08. The largest absolute Gasteiger partial charge is 0.445 e. The maximum atomic E-state index is 6.74. The molecule has 0 amide bonds. The Balaban J connectivity index is 0.00000243. The molecule has 2 aromatic heterocycles. The van der Waals surface area contributed by atoms with E-state index in [1.165, 1.54) is 0 Å². The maximum absolute atomic E-state index is 6.74. The molecule has 1 atom stereocenters. The molecule has 3 rings (SSSR count). The molecule has 5 nitrogen and oxygen atoms in total. The Morgan fingerprint density at radius 3 is 2.08 bits per heavy atom. The van der Waals surface area contributed by atoms with Crippen molar-refractivity contribution in [1.29, 1.82) is 0 Å². The van der Waals surface area contributed by atoms with Gasteiger partial charge in [-0.2, -0.15) is 0 Å². The smallest absolute Gasteiger partial charge is 0.242 e. The molecule has 0 aromatic carbocycles. The first kappa shape index (κ1) is 20.8. The van der Waals surface area contributed by atoms with Crippen molar-refractivity contribution >= 4 is 17.3 Å². The van der Waals surface area contributed by atoms with Crippen molar-refractivity contribution < 1.29 is 25.6 Å². The second kappa shape index (κ2) is 6.91. The van der Waals surface area contributed by atoms with Gasteiger partial charge in [0.05, 0.1) is 17.1 Å². The summed E-state index contributed by atoms with van der Waals surface area (Å²) >= 11 is 6.74. The first-order valence-corrected chi connectivity index (χ1v) is 8.66. The van der Waals surface area contributed by atoms with Crippen LogP contribution >= 0.6 is 11.6 Å². The topological polar surface area (TPSA) is 64.1 Å². The van der Waals surface area contributed by atoms with E-state index in [9.17, 15) is 0 Å². The summed E-state index contributed by atoms with van der Waals surface area (Å²) in [6.45, 7) is 12.5. The summed E-state index contributed by atoms with van der Waals surface area (Å²) in [4.78, 5) is 8.05. The molecule has 143 valence electrons. The van der Waals surface area contributed by atoms with Crippen LogP contribution in [0.1, 0.15) is 64.7 Å². The number of aromatic nitrogens is 2. The average molecular weight is 421 g/mol. The predicted molar refractivity (Wildman–Crippen MR) is 98.2 cm³/mol. The summed E-state index contributed by atoms with van der Waals surface area (Å²) in [7, 11) is 0. The Morgan fingerprint density at radius 1 is 0.962 bits per heavy atom. The van der Waals surface area contributed by atoms with Gasteiger partial charge in [0, 0.05) is 27.6 Å². The van der Waals surface area contributed by atoms with Crippen LogP contribution in [0, 0.1) is 0 Å². The van der Waals surface area contributed by atoms with Crippen LogP contribution in [0.25, 0.3) is 5.70 Å². The molecule has 1 aliphatic rings. The fourth-order valence-electron chi connectivity index (χ4n) is 2.33. The zero-order chi connectivity index (χ0) is 18.5. The summed E-state index contributed by atoms with van der Waals surface area (Å²) in [6, 6.07) is 0. The average Bonchev–Trinajstić information content (AvgIpc) is 3.16. The number of oxazole rings is 2. The van der Waals surface area contributed by atoms with Gasteiger partial charge in [0.1, 0.15) is 12.5 Å². The number of nitrogens with zero attached hydrogens (tertiary/aromatic N) is 2. The van der Waals surface area contributed by atoms with Gasteiger partial charge in [-0.25, -0.2) is 9.97 Å². The van der Waals surface area contributed by atoms with Gasteiger partial charge in [-0.15, -0.1) is 0 Å². The van der Waals surface area contributed by atoms with Gasteiger partial charge in [0.15, 0.2) is 0 Å². The Bertz CT molecular complexity index is 840. The van der Waals surface area contributed by atoms with Crippen LogP contribution in [0.2, 0.25) is 0 Å². The first-order valence-electron chi connectivity index (χ1n) is 8.28. The van der Waals surface area contributed by atoms with Crippen molar-refractivity contribution in [1.82, 2.24) is 15.3 Å². The van der Waals surface area contributed by atoms with Crippen LogP contribution in [0.5, 0.6) is 0 Å². The molecule has 0 saturated carbocycles. The Hall–Kier alpha value is -1.50. The summed E-state index contributed by atoms with van der Waals surface area (Å²) in [6.07, 6.45) is 8.84. The molecule has 1 aliphatic heterocycles. The third-order valence-corrected chi connectivity index (χ3v) is 4.37. The first-order chi connectivity index (χ1) is 11.5. The SMILES string of the molecule is CC(C)(C)c1coc(C2=CC=CC(Cl)(c3nc(C(C)(C)C)co3)N2)n1.[Co]. The summed E-state index contributed by atoms with van der Waals surface area (Å²) < 4.78 is 11.3. The molecule has 1 radical (unpaired) electrons. The maximum Gasteiger partial charge on any atom is 0.242 e. The minimum Gasteiger partial charge on any atom is -0.445 e. The number of rotatable bonds is 2. The van der Waals surface area contributed by atoms with E-state index in [0.29, 0.717) is 17.5 Å². The van der Waals surface area contributed by atoms with Gasteiger partial charge in [-0.05, 0) is 12.2 Å². The Kier molecular flexibility index (Phi) is 5.53. The van der Waals surface area contributed by atoms with Crippen molar-refractivity contribution in [3.8, 4) is 0 Å². The van der Waals surface area contributed by atoms with Crippen LogP contribution in [-0.4, -0.2) is 9.97 Å². The van der Waals surface area contributed by atoms with Crippen LogP contribution in [-0.2, 0) is 32.6 Å². The van der Waals surface area contributed by atoms with Crippen molar-refractivity contribution in [3.63, 3.8) is 0 Å². The van der Waals surface area contributed by atoms with Crippen LogP contribution in [0.4, 0.5) is 0 Å². The Morgan fingerprint density at radius 2 is 1.54 bits per heavy atom. The molecule has 0 spiro atoms. The summed E-state index contributed by atoms with van der Waals surface area (Å²) in [5.74, 6) is 0.880. The fourth-order valence-corrected chi connectivity index (χ4v) is 2.59. The number of dihydropyridines is 1. The molecule has 0 aliphatic carbocycles. The monoisotopic (exact) mass is 420 g/mol. The van der Waals surface area contributed by atoms with E-state index >= 15 is 0 Å². The zero-order valence-corrected chi connectivity index (χ0v) is 17.6. The molecule has 1 N–H and O–H groups in total. The van der Waals surface area contributed by atoms with E-state index in [0.717, 1.165) is 11.4 Å². The quantitative estimate of drug-likeness (QED) is 0.556.